The van der Waals surface area contributed by atoms with Crippen molar-refractivity contribution in [2.75, 3.05) is 0 Å². The first-order chi connectivity index (χ1) is 13.6. The van der Waals surface area contributed by atoms with Crippen LogP contribution in [-0.2, 0) is 11.3 Å². The van der Waals surface area contributed by atoms with Gasteiger partial charge in [-0.2, -0.15) is 0 Å². The van der Waals surface area contributed by atoms with E-state index in [1.165, 1.54) is 0 Å². The van der Waals surface area contributed by atoms with Crippen LogP contribution in [-0.4, -0.2) is 27.3 Å². The molecule has 1 aliphatic carbocycles. The van der Waals surface area contributed by atoms with Gasteiger partial charge < -0.3 is 5.11 Å². The van der Waals surface area contributed by atoms with Crippen molar-refractivity contribution in [1.29, 1.82) is 0 Å². The molecule has 1 heterocycles. The van der Waals surface area contributed by atoms with Crippen molar-refractivity contribution in [1.82, 2.24) is 4.90 Å². The summed E-state index contributed by atoms with van der Waals surface area (Å²) in [5, 5.41) is 9.52. The number of aliphatic imine (C=N–C) groups is 1. The minimum atomic E-state index is -0.475. The van der Waals surface area contributed by atoms with Crippen LogP contribution in [0.2, 0.25) is 0 Å². The first-order valence-electron chi connectivity index (χ1n) is 10.4. The molecule has 0 atom stereocenters. The van der Waals surface area contributed by atoms with Crippen molar-refractivity contribution in [3.8, 4) is 16.9 Å². The van der Waals surface area contributed by atoms with E-state index in [0.29, 0.717) is 6.54 Å². The number of benzene rings is 2. The topological polar surface area (TPSA) is 52.9 Å². The smallest absolute Gasteiger partial charge is 0.256 e. The lowest BCUT2D eigenvalue weighted by Crippen LogP contribution is -2.40. The molecule has 0 saturated heterocycles. The maximum Gasteiger partial charge on any atom is 0.256 e. The molecule has 0 radical (unpaired) electrons. The molecule has 0 aromatic heterocycles. The molecule has 2 aromatic carbocycles. The van der Waals surface area contributed by atoms with Gasteiger partial charge >= 0.3 is 0 Å². The van der Waals surface area contributed by atoms with Gasteiger partial charge in [0, 0.05) is 6.42 Å². The highest BCUT2D eigenvalue weighted by atomic mass is 16.3. The fourth-order valence-corrected chi connectivity index (χ4v) is 4.38. The number of amides is 1. The highest BCUT2D eigenvalue weighted by molar-refractivity contribution is 6.08. The summed E-state index contributed by atoms with van der Waals surface area (Å²) in [6, 6.07) is 15.5. The number of aromatic hydroxyl groups is 1. The van der Waals surface area contributed by atoms with Gasteiger partial charge in [0.2, 0.25) is 0 Å². The van der Waals surface area contributed by atoms with E-state index in [-0.39, 0.29) is 11.7 Å². The zero-order valence-corrected chi connectivity index (χ0v) is 16.5. The van der Waals surface area contributed by atoms with Gasteiger partial charge in [-0.3, -0.25) is 14.7 Å². The minimum absolute atomic E-state index is 0.200. The molecule has 0 unspecified atom stereocenters. The van der Waals surface area contributed by atoms with Crippen LogP contribution in [0, 0.1) is 0 Å². The van der Waals surface area contributed by atoms with E-state index in [1.54, 1.807) is 12.1 Å². The number of amidine groups is 1. The van der Waals surface area contributed by atoms with Gasteiger partial charge in [0.15, 0.2) is 0 Å². The molecule has 146 valence electrons. The van der Waals surface area contributed by atoms with Gasteiger partial charge in [0.05, 0.1) is 6.54 Å². The molecule has 4 rings (SSSR count). The molecule has 1 aliphatic heterocycles. The van der Waals surface area contributed by atoms with Crippen molar-refractivity contribution in [3.63, 3.8) is 0 Å². The fraction of sp³-hybridized carbons (Fsp3) is 0.417. The minimum Gasteiger partial charge on any atom is -0.508 e. The van der Waals surface area contributed by atoms with Crippen LogP contribution < -0.4 is 0 Å². The highest BCUT2D eigenvalue weighted by Crippen LogP contribution is 2.40. The molecule has 2 aliphatic rings. The van der Waals surface area contributed by atoms with E-state index in [4.69, 9.17) is 4.99 Å². The molecular weight excluding hydrogens is 348 g/mol. The number of rotatable bonds is 6. The number of phenols is 1. The van der Waals surface area contributed by atoms with E-state index < -0.39 is 5.54 Å². The predicted molar refractivity (Wildman–Crippen MR) is 112 cm³/mol. The molecule has 2 aromatic rings. The van der Waals surface area contributed by atoms with Crippen molar-refractivity contribution < 1.29 is 9.90 Å². The number of carbonyl (C=O) groups excluding carboxylic acids is 1. The summed E-state index contributed by atoms with van der Waals surface area (Å²) in [4.78, 5) is 20.2. The number of carbonyl (C=O) groups is 1. The third-order valence-corrected chi connectivity index (χ3v) is 5.95. The fourth-order valence-electron chi connectivity index (χ4n) is 4.38. The Kier molecular flexibility index (Phi) is 5.21. The summed E-state index contributed by atoms with van der Waals surface area (Å²) in [7, 11) is 0. The summed E-state index contributed by atoms with van der Waals surface area (Å²) < 4.78 is 0. The average Bonchev–Trinajstić information content (AvgIpc) is 3.28. The van der Waals surface area contributed by atoms with Crippen molar-refractivity contribution >= 4 is 11.7 Å². The van der Waals surface area contributed by atoms with Gasteiger partial charge in [-0.1, -0.05) is 56.5 Å². The van der Waals surface area contributed by atoms with Gasteiger partial charge in [0.25, 0.3) is 5.91 Å². The Morgan fingerprint density at radius 2 is 1.82 bits per heavy atom. The standard InChI is InChI=1S/C24H28N2O2/c1-2-3-9-22-25-24(14-4-5-15-24)23(28)26(22)17-18-7-6-8-20(16-18)19-10-12-21(27)13-11-19/h6-8,10-13,16,27H,2-5,9,14-15,17H2,1H3. The number of unbranched alkanes of at least 4 members (excludes halogenated alkanes) is 1. The van der Waals surface area contributed by atoms with Crippen LogP contribution in [0.1, 0.15) is 57.4 Å². The second kappa shape index (κ2) is 7.78. The maximum absolute atomic E-state index is 13.3. The Bertz CT molecular complexity index is 880. The van der Waals surface area contributed by atoms with Crippen LogP contribution in [0.4, 0.5) is 0 Å². The van der Waals surface area contributed by atoms with Gasteiger partial charge in [-0.25, -0.2) is 0 Å². The SMILES string of the molecule is CCCCC1=NC2(CCCC2)C(=O)N1Cc1cccc(-c2ccc(O)cc2)c1. The highest BCUT2D eigenvalue weighted by Gasteiger charge is 2.49. The maximum atomic E-state index is 13.3. The predicted octanol–water partition coefficient (Wildman–Crippen LogP) is 5.30. The Balaban J connectivity index is 1.58. The first-order valence-corrected chi connectivity index (χ1v) is 10.4. The van der Waals surface area contributed by atoms with E-state index in [1.807, 2.05) is 23.1 Å². The summed E-state index contributed by atoms with van der Waals surface area (Å²) >= 11 is 0. The van der Waals surface area contributed by atoms with Crippen molar-refractivity contribution in [2.24, 2.45) is 4.99 Å². The zero-order chi connectivity index (χ0) is 19.6. The molecule has 1 fully saturated rings. The largest absolute Gasteiger partial charge is 0.508 e. The normalized spacial score (nSPS) is 18.1. The van der Waals surface area contributed by atoms with Crippen LogP contribution >= 0.6 is 0 Å². The molecule has 28 heavy (non-hydrogen) atoms. The monoisotopic (exact) mass is 376 g/mol. The van der Waals surface area contributed by atoms with Crippen LogP contribution in [0.5, 0.6) is 5.75 Å². The molecule has 4 nitrogen and oxygen atoms in total. The molecule has 1 spiro atoms. The van der Waals surface area contributed by atoms with Gasteiger partial charge in [-0.15, -0.1) is 0 Å². The number of phenolic OH excluding ortho intramolecular Hbond substituents is 1. The van der Waals surface area contributed by atoms with Gasteiger partial charge in [0.1, 0.15) is 17.1 Å². The van der Waals surface area contributed by atoms with E-state index >= 15 is 0 Å². The summed E-state index contributed by atoms with van der Waals surface area (Å²) in [5.41, 5.74) is 2.78. The summed E-state index contributed by atoms with van der Waals surface area (Å²) in [6.45, 7) is 2.75. The lowest BCUT2D eigenvalue weighted by molar-refractivity contribution is -0.131. The molecule has 0 bridgehead atoms. The van der Waals surface area contributed by atoms with Crippen molar-refractivity contribution in [2.45, 2.75) is 64.0 Å². The number of hydrogen-bond acceptors (Lipinski definition) is 3. The number of nitrogens with zero attached hydrogens (tertiary/aromatic N) is 2. The Morgan fingerprint density at radius 3 is 2.54 bits per heavy atom. The second-order valence-corrected chi connectivity index (χ2v) is 8.01. The first kappa shape index (κ1) is 18.7. The Labute approximate surface area is 166 Å². The van der Waals surface area contributed by atoms with Crippen LogP contribution in [0.3, 0.4) is 0 Å². The van der Waals surface area contributed by atoms with E-state index in [0.717, 1.165) is 67.5 Å². The molecule has 1 N–H and O–H groups in total. The summed E-state index contributed by atoms with van der Waals surface area (Å²) in [5.74, 6) is 1.44. The molecule has 1 saturated carbocycles. The molecule has 1 amide bonds. The lowest BCUT2D eigenvalue weighted by atomic mass is 9.98. The quantitative estimate of drug-likeness (QED) is 0.743. The number of hydrogen-bond donors (Lipinski definition) is 1. The van der Waals surface area contributed by atoms with E-state index in [2.05, 4.69) is 25.1 Å². The van der Waals surface area contributed by atoms with Crippen molar-refractivity contribution in [3.05, 3.63) is 54.1 Å². The second-order valence-electron chi connectivity index (χ2n) is 8.01. The lowest BCUT2D eigenvalue weighted by Gasteiger charge is -2.23. The Morgan fingerprint density at radius 1 is 1.07 bits per heavy atom. The van der Waals surface area contributed by atoms with Crippen LogP contribution in [0.25, 0.3) is 11.1 Å². The third kappa shape index (κ3) is 3.56. The average molecular weight is 377 g/mol. The zero-order valence-electron chi connectivity index (χ0n) is 16.5. The third-order valence-electron chi connectivity index (χ3n) is 5.95. The summed E-state index contributed by atoms with van der Waals surface area (Å²) in [6.07, 6.45) is 7.02. The van der Waals surface area contributed by atoms with Crippen LogP contribution in [0.15, 0.2) is 53.5 Å². The van der Waals surface area contributed by atoms with E-state index in [9.17, 15) is 9.90 Å². The van der Waals surface area contributed by atoms with Gasteiger partial charge in [-0.05, 0) is 54.2 Å². The molecule has 4 heteroatoms. The Hall–Kier alpha value is -2.62. The molecular formula is C24H28N2O2.